The summed E-state index contributed by atoms with van der Waals surface area (Å²) in [5.41, 5.74) is 2.08. The molecule has 0 saturated carbocycles. The van der Waals surface area contributed by atoms with Crippen molar-refractivity contribution in [3.05, 3.63) is 34.9 Å². The number of fused-ring (bicyclic) bond motifs is 1. The Morgan fingerprint density at radius 2 is 2.33 bits per heavy atom. The van der Waals surface area contributed by atoms with E-state index in [1.54, 1.807) is 11.9 Å². The molecule has 3 rings (SSSR count). The zero-order valence-corrected chi connectivity index (χ0v) is 15.1. The van der Waals surface area contributed by atoms with Gasteiger partial charge in [-0.15, -0.1) is 0 Å². The average molecular weight is 394 g/mol. The number of halogens is 1. The third-order valence-corrected chi connectivity index (χ3v) is 4.74. The number of carboxylic acid groups (broad SMARTS) is 1. The summed E-state index contributed by atoms with van der Waals surface area (Å²) in [7, 11) is 1.80. The van der Waals surface area contributed by atoms with Gasteiger partial charge in [-0.2, -0.15) is 0 Å². The van der Waals surface area contributed by atoms with Crippen molar-refractivity contribution in [2.75, 3.05) is 44.7 Å². The van der Waals surface area contributed by atoms with Crippen LogP contribution in [0, 0.1) is 0 Å². The highest BCUT2D eigenvalue weighted by molar-refractivity contribution is 9.10. The molecule has 1 aliphatic rings. The smallest absolute Gasteiger partial charge is 0.317 e. The number of carbonyl (C=O) groups is 1. The molecule has 2 aromatic rings. The second-order valence-corrected chi connectivity index (χ2v) is 6.85. The number of aromatic nitrogens is 1. The highest BCUT2D eigenvalue weighted by atomic mass is 79.9. The van der Waals surface area contributed by atoms with Gasteiger partial charge in [-0.05, 0) is 35.1 Å². The maximum absolute atomic E-state index is 10.8. The number of hydrogen-bond donors (Lipinski definition) is 1. The van der Waals surface area contributed by atoms with Crippen LogP contribution in [-0.2, 0) is 9.53 Å². The number of aliphatic carboxylic acids is 1. The topological polar surface area (TPSA) is 65.9 Å². The molecule has 1 unspecified atom stereocenters. The molecular formula is C17H20BrN3O3. The lowest BCUT2D eigenvalue weighted by atomic mass is 10.1. The van der Waals surface area contributed by atoms with E-state index in [-0.39, 0.29) is 12.6 Å². The Hall–Kier alpha value is -1.70. The summed E-state index contributed by atoms with van der Waals surface area (Å²) >= 11 is 3.55. The minimum Gasteiger partial charge on any atom is -0.480 e. The number of carboxylic acids is 1. The van der Waals surface area contributed by atoms with Gasteiger partial charge in [0.05, 0.1) is 24.8 Å². The third kappa shape index (κ3) is 3.85. The fourth-order valence-corrected chi connectivity index (χ4v) is 3.56. The van der Waals surface area contributed by atoms with E-state index in [2.05, 4.69) is 31.9 Å². The summed E-state index contributed by atoms with van der Waals surface area (Å²) < 4.78 is 6.80. The summed E-state index contributed by atoms with van der Waals surface area (Å²) in [6.45, 7) is 2.78. The van der Waals surface area contributed by atoms with E-state index in [1.165, 1.54) is 0 Å². The highest BCUT2D eigenvalue weighted by Gasteiger charge is 2.24. The van der Waals surface area contributed by atoms with Crippen molar-refractivity contribution in [1.82, 2.24) is 9.88 Å². The molecule has 128 valence electrons. The highest BCUT2D eigenvalue weighted by Crippen LogP contribution is 2.30. The van der Waals surface area contributed by atoms with Crippen molar-refractivity contribution in [3.8, 4) is 0 Å². The van der Waals surface area contributed by atoms with Crippen molar-refractivity contribution >= 4 is 38.5 Å². The van der Waals surface area contributed by atoms with Gasteiger partial charge in [0.15, 0.2) is 0 Å². The first-order chi connectivity index (χ1) is 11.5. The number of likely N-dealkylation sites (N-methyl/N-ethyl adjacent to an activating group) is 1. The monoisotopic (exact) mass is 393 g/mol. The van der Waals surface area contributed by atoms with Gasteiger partial charge in [-0.25, -0.2) is 0 Å². The lowest BCUT2D eigenvalue weighted by molar-refractivity contribution is -0.138. The van der Waals surface area contributed by atoms with E-state index in [4.69, 9.17) is 9.84 Å². The van der Waals surface area contributed by atoms with Crippen LogP contribution in [0.5, 0.6) is 0 Å². The molecular weight excluding hydrogens is 374 g/mol. The lowest BCUT2D eigenvalue weighted by Gasteiger charge is -2.36. The SMILES string of the molecule is CN(CC(=O)O)CC1CN(c2ccnc3c(Br)cccc23)CCO1. The van der Waals surface area contributed by atoms with E-state index in [1.807, 2.05) is 24.4 Å². The van der Waals surface area contributed by atoms with Gasteiger partial charge in [-0.3, -0.25) is 14.7 Å². The number of ether oxygens (including phenoxy) is 1. The zero-order chi connectivity index (χ0) is 17.1. The van der Waals surface area contributed by atoms with Crippen LogP contribution in [0.15, 0.2) is 34.9 Å². The van der Waals surface area contributed by atoms with Crippen LogP contribution in [0.3, 0.4) is 0 Å². The maximum Gasteiger partial charge on any atom is 0.317 e. The van der Waals surface area contributed by atoms with Crippen LogP contribution >= 0.6 is 15.9 Å². The largest absolute Gasteiger partial charge is 0.480 e. The molecule has 0 radical (unpaired) electrons. The molecule has 2 heterocycles. The van der Waals surface area contributed by atoms with Crippen molar-refractivity contribution in [2.24, 2.45) is 0 Å². The fourth-order valence-electron chi connectivity index (χ4n) is 3.09. The summed E-state index contributed by atoms with van der Waals surface area (Å²) in [5.74, 6) is -0.824. The Labute approximate surface area is 149 Å². The normalized spacial score (nSPS) is 18.3. The summed E-state index contributed by atoms with van der Waals surface area (Å²) in [6.07, 6.45) is 1.81. The Morgan fingerprint density at radius 3 is 3.12 bits per heavy atom. The fraction of sp³-hybridized carbons (Fsp3) is 0.412. The predicted octanol–water partition coefficient (Wildman–Crippen LogP) is 2.22. The first-order valence-electron chi connectivity index (χ1n) is 7.84. The van der Waals surface area contributed by atoms with Crippen LogP contribution in [-0.4, -0.2) is 66.9 Å². The van der Waals surface area contributed by atoms with Gasteiger partial charge in [0.2, 0.25) is 0 Å². The Bertz CT molecular complexity index is 740. The molecule has 1 saturated heterocycles. The molecule has 1 fully saturated rings. The van der Waals surface area contributed by atoms with Crippen LogP contribution < -0.4 is 4.90 Å². The van der Waals surface area contributed by atoms with E-state index in [0.717, 1.165) is 34.2 Å². The van der Waals surface area contributed by atoms with Gasteiger partial charge in [0.1, 0.15) is 0 Å². The Morgan fingerprint density at radius 1 is 1.50 bits per heavy atom. The Kier molecular flexibility index (Phi) is 5.33. The van der Waals surface area contributed by atoms with Crippen molar-refractivity contribution < 1.29 is 14.6 Å². The minimum absolute atomic E-state index is 0.0153. The van der Waals surface area contributed by atoms with Crippen molar-refractivity contribution in [1.29, 1.82) is 0 Å². The lowest BCUT2D eigenvalue weighted by Crippen LogP contribution is -2.47. The standard InChI is InChI=1S/C17H20BrN3O3/c1-20(11-16(22)23)9-12-10-21(7-8-24-12)15-5-6-19-17-13(15)3-2-4-14(17)18/h2-6,12H,7-11H2,1H3,(H,22,23). The number of rotatable bonds is 5. The summed E-state index contributed by atoms with van der Waals surface area (Å²) in [4.78, 5) is 19.3. The molecule has 1 aromatic heterocycles. The number of nitrogens with zero attached hydrogens (tertiary/aromatic N) is 3. The quantitative estimate of drug-likeness (QED) is 0.839. The van der Waals surface area contributed by atoms with E-state index in [9.17, 15) is 4.79 Å². The summed E-state index contributed by atoms with van der Waals surface area (Å²) in [5, 5.41) is 9.99. The second kappa shape index (κ2) is 7.46. The van der Waals surface area contributed by atoms with E-state index in [0.29, 0.717) is 13.2 Å². The first kappa shape index (κ1) is 17.1. The van der Waals surface area contributed by atoms with Crippen LogP contribution in [0.1, 0.15) is 0 Å². The molecule has 1 aliphatic heterocycles. The number of hydrogen-bond acceptors (Lipinski definition) is 5. The first-order valence-corrected chi connectivity index (χ1v) is 8.64. The number of anilines is 1. The van der Waals surface area contributed by atoms with Crippen LogP contribution in [0.4, 0.5) is 5.69 Å². The van der Waals surface area contributed by atoms with Gasteiger partial charge in [0.25, 0.3) is 0 Å². The molecule has 1 N–H and O–H groups in total. The van der Waals surface area contributed by atoms with Gasteiger partial charge in [0, 0.05) is 41.4 Å². The predicted molar refractivity (Wildman–Crippen MR) is 96.5 cm³/mol. The average Bonchev–Trinajstić information content (AvgIpc) is 2.54. The van der Waals surface area contributed by atoms with Crippen LogP contribution in [0.2, 0.25) is 0 Å². The molecule has 24 heavy (non-hydrogen) atoms. The molecule has 6 nitrogen and oxygen atoms in total. The number of pyridine rings is 1. The second-order valence-electron chi connectivity index (χ2n) is 6.00. The zero-order valence-electron chi connectivity index (χ0n) is 13.5. The molecule has 0 spiro atoms. The van der Waals surface area contributed by atoms with Gasteiger partial charge < -0.3 is 14.7 Å². The van der Waals surface area contributed by atoms with E-state index < -0.39 is 5.97 Å². The molecule has 1 aromatic carbocycles. The summed E-state index contributed by atoms with van der Waals surface area (Å²) in [6, 6.07) is 8.10. The molecule has 1 atom stereocenters. The third-order valence-electron chi connectivity index (χ3n) is 4.10. The minimum atomic E-state index is -0.824. The van der Waals surface area contributed by atoms with Crippen LogP contribution in [0.25, 0.3) is 10.9 Å². The van der Waals surface area contributed by atoms with Gasteiger partial charge in [-0.1, -0.05) is 12.1 Å². The number of para-hydroxylation sites is 1. The van der Waals surface area contributed by atoms with E-state index >= 15 is 0 Å². The van der Waals surface area contributed by atoms with Gasteiger partial charge >= 0.3 is 5.97 Å². The number of benzene rings is 1. The maximum atomic E-state index is 10.8. The molecule has 7 heteroatoms. The van der Waals surface area contributed by atoms with Crippen molar-refractivity contribution in [3.63, 3.8) is 0 Å². The molecule has 0 amide bonds. The molecule has 0 bridgehead atoms. The molecule has 0 aliphatic carbocycles. The Balaban J connectivity index is 1.78. The number of morpholine rings is 1. The van der Waals surface area contributed by atoms with Crippen molar-refractivity contribution in [2.45, 2.75) is 6.10 Å².